The van der Waals surface area contributed by atoms with Gasteiger partial charge in [0.15, 0.2) is 11.6 Å². The van der Waals surface area contributed by atoms with Crippen LogP contribution < -0.4 is 9.74 Å². The Hall–Kier alpha value is -3.67. The molecule has 1 heterocycles. The van der Waals surface area contributed by atoms with Gasteiger partial charge in [-0.3, -0.25) is 15.0 Å². The minimum atomic E-state index is -0.416. The third-order valence-corrected chi connectivity index (χ3v) is 4.16. The Morgan fingerprint density at radius 3 is 2.42 bits per heavy atom. The topological polar surface area (TPSA) is 68.0 Å². The summed E-state index contributed by atoms with van der Waals surface area (Å²) in [6.45, 7) is 2.01. The number of oxime groups is 1. The van der Waals surface area contributed by atoms with Gasteiger partial charge in [0.05, 0.1) is 4.92 Å². The smallest absolute Gasteiger partial charge is 0.271 e. The van der Waals surface area contributed by atoms with Gasteiger partial charge in [-0.25, -0.2) is 0 Å². The lowest BCUT2D eigenvalue weighted by Crippen LogP contribution is -2.30. The molecule has 0 aromatic heterocycles. The van der Waals surface area contributed by atoms with Gasteiger partial charge < -0.3 is 4.84 Å². The maximum absolute atomic E-state index is 11.2. The number of anilines is 2. The minimum Gasteiger partial charge on any atom is -0.353 e. The first-order valence-corrected chi connectivity index (χ1v) is 8.09. The Morgan fingerprint density at radius 2 is 1.73 bits per heavy atom. The van der Waals surface area contributed by atoms with Crippen LogP contribution in [0.25, 0.3) is 0 Å². The van der Waals surface area contributed by atoms with Crippen LogP contribution in [0.1, 0.15) is 11.1 Å². The summed E-state index contributed by atoms with van der Waals surface area (Å²) in [5, 5.41) is 15.5. The van der Waals surface area contributed by atoms with Crippen molar-refractivity contribution in [2.75, 3.05) is 4.90 Å². The first-order chi connectivity index (χ1) is 12.6. The van der Waals surface area contributed by atoms with E-state index in [1.54, 1.807) is 6.07 Å². The molecule has 0 fully saturated rings. The van der Waals surface area contributed by atoms with E-state index >= 15 is 0 Å². The molecule has 26 heavy (non-hydrogen) atoms. The van der Waals surface area contributed by atoms with Crippen LogP contribution in [0.4, 0.5) is 17.1 Å². The zero-order chi connectivity index (χ0) is 18.1. The number of fused-ring (bicyclic) bond motifs is 1. The molecule has 0 bridgehead atoms. The van der Waals surface area contributed by atoms with Crippen molar-refractivity contribution < 1.29 is 9.76 Å². The van der Waals surface area contributed by atoms with E-state index < -0.39 is 4.92 Å². The van der Waals surface area contributed by atoms with Gasteiger partial charge in [0.1, 0.15) is 5.69 Å². The number of rotatable bonds is 3. The van der Waals surface area contributed by atoms with Gasteiger partial charge in [0, 0.05) is 23.4 Å². The summed E-state index contributed by atoms with van der Waals surface area (Å²) in [5.41, 5.74) is 3.41. The van der Waals surface area contributed by atoms with Crippen LogP contribution in [0.15, 0.2) is 78.0 Å². The van der Waals surface area contributed by atoms with Gasteiger partial charge in [0.25, 0.3) is 5.69 Å². The summed E-state index contributed by atoms with van der Waals surface area (Å²) in [4.78, 5) is 18.2. The van der Waals surface area contributed by atoms with E-state index in [9.17, 15) is 10.1 Å². The van der Waals surface area contributed by atoms with Crippen molar-refractivity contribution in [3.8, 4) is 5.75 Å². The van der Waals surface area contributed by atoms with Crippen LogP contribution in [-0.4, -0.2) is 10.8 Å². The van der Waals surface area contributed by atoms with Crippen LogP contribution in [-0.2, 0) is 0 Å². The molecule has 4 rings (SSSR count). The van der Waals surface area contributed by atoms with Gasteiger partial charge in [-0.15, -0.1) is 0 Å². The van der Waals surface area contributed by atoms with Crippen LogP contribution >= 0.6 is 0 Å². The Balaban J connectivity index is 1.90. The average Bonchev–Trinajstić information content (AvgIpc) is 2.68. The number of aryl methyl sites for hydroxylation is 1. The molecule has 0 N–H and O–H groups in total. The van der Waals surface area contributed by atoms with Crippen LogP contribution in [0, 0.1) is 17.0 Å². The highest BCUT2D eigenvalue weighted by Gasteiger charge is 2.28. The standard InChI is InChI=1S/C20H15N3O3/c1-14-7-9-15(10-8-14)20-21-26-19-12-11-17(23(24)25)13-18(19)22(20)16-5-3-2-4-6-16/h2-13H,1H3. The molecular formula is C20H15N3O3. The Morgan fingerprint density at radius 1 is 1.00 bits per heavy atom. The molecule has 6 nitrogen and oxygen atoms in total. The summed E-state index contributed by atoms with van der Waals surface area (Å²) < 4.78 is 0. The average molecular weight is 345 g/mol. The van der Waals surface area contributed by atoms with Gasteiger partial charge in [0.2, 0.25) is 0 Å². The maximum Gasteiger partial charge on any atom is 0.271 e. The van der Waals surface area contributed by atoms with Crippen molar-refractivity contribution in [1.82, 2.24) is 0 Å². The highest BCUT2D eigenvalue weighted by molar-refractivity contribution is 6.15. The molecule has 0 saturated heterocycles. The van der Waals surface area contributed by atoms with Crippen molar-refractivity contribution in [1.29, 1.82) is 0 Å². The highest BCUT2D eigenvalue weighted by Crippen LogP contribution is 2.40. The van der Waals surface area contributed by atoms with Gasteiger partial charge in [-0.1, -0.05) is 53.2 Å². The molecular weight excluding hydrogens is 330 g/mol. The molecule has 0 radical (unpaired) electrons. The van der Waals surface area contributed by atoms with Gasteiger partial charge >= 0.3 is 0 Å². The molecule has 0 amide bonds. The van der Waals surface area contributed by atoms with Gasteiger partial charge in [-0.05, 0) is 25.1 Å². The van der Waals surface area contributed by atoms with E-state index in [1.165, 1.54) is 12.1 Å². The number of hydrogen-bond acceptors (Lipinski definition) is 5. The van der Waals surface area contributed by atoms with Crippen LogP contribution in [0.2, 0.25) is 0 Å². The number of para-hydroxylation sites is 1. The molecule has 3 aromatic rings. The zero-order valence-corrected chi connectivity index (χ0v) is 14.0. The summed E-state index contributed by atoms with van der Waals surface area (Å²) in [7, 11) is 0. The summed E-state index contributed by atoms with van der Waals surface area (Å²) in [6.07, 6.45) is 0. The number of hydrogen-bond donors (Lipinski definition) is 0. The molecule has 0 aliphatic carbocycles. The second kappa shape index (κ2) is 6.33. The predicted molar refractivity (Wildman–Crippen MR) is 100 cm³/mol. The molecule has 6 heteroatoms. The Kier molecular flexibility index (Phi) is 3.85. The van der Waals surface area contributed by atoms with E-state index in [0.29, 0.717) is 17.3 Å². The minimum absolute atomic E-state index is 0.00145. The molecule has 128 valence electrons. The number of nitro benzene ring substituents is 1. The lowest BCUT2D eigenvalue weighted by Gasteiger charge is -2.30. The Labute approximate surface area is 150 Å². The van der Waals surface area contributed by atoms with E-state index in [0.717, 1.165) is 16.8 Å². The summed E-state index contributed by atoms with van der Waals surface area (Å²) >= 11 is 0. The SMILES string of the molecule is Cc1ccc(C2=NOc3ccc([N+](=O)[O-])cc3N2c2ccccc2)cc1. The lowest BCUT2D eigenvalue weighted by atomic mass is 10.1. The second-order valence-corrected chi connectivity index (χ2v) is 5.95. The fourth-order valence-electron chi connectivity index (χ4n) is 2.84. The fourth-order valence-corrected chi connectivity index (χ4v) is 2.84. The normalized spacial score (nSPS) is 12.8. The third kappa shape index (κ3) is 2.77. The molecule has 0 saturated carbocycles. The molecule has 1 aliphatic rings. The van der Waals surface area contributed by atoms with E-state index in [2.05, 4.69) is 5.16 Å². The van der Waals surface area contributed by atoms with Crippen molar-refractivity contribution in [3.05, 3.63) is 94.0 Å². The molecule has 3 aromatic carbocycles. The number of non-ortho nitro benzene ring substituents is 1. The Bertz CT molecular complexity index is 999. The van der Waals surface area contributed by atoms with Crippen molar-refractivity contribution >= 4 is 22.9 Å². The van der Waals surface area contributed by atoms with E-state index in [-0.39, 0.29) is 5.69 Å². The lowest BCUT2D eigenvalue weighted by molar-refractivity contribution is -0.384. The molecule has 0 unspecified atom stereocenters. The number of nitro groups is 1. The third-order valence-electron chi connectivity index (χ3n) is 4.16. The van der Waals surface area contributed by atoms with Crippen LogP contribution in [0.3, 0.4) is 0 Å². The number of amidine groups is 1. The first kappa shape index (κ1) is 15.8. The van der Waals surface area contributed by atoms with Crippen molar-refractivity contribution in [3.63, 3.8) is 0 Å². The summed E-state index contributed by atoms with van der Waals surface area (Å²) in [6, 6.07) is 22.0. The highest BCUT2D eigenvalue weighted by atomic mass is 16.6. The molecule has 0 spiro atoms. The summed E-state index contributed by atoms with van der Waals surface area (Å²) in [5.74, 6) is 1.04. The largest absolute Gasteiger partial charge is 0.353 e. The number of nitrogens with zero attached hydrogens (tertiary/aromatic N) is 3. The van der Waals surface area contributed by atoms with E-state index in [1.807, 2.05) is 66.4 Å². The quantitative estimate of drug-likeness (QED) is 0.505. The molecule has 0 atom stereocenters. The zero-order valence-electron chi connectivity index (χ0n) is 14.0. The van der Waals surface area contributed by atoms with Gasteiger partial charge in [-0.2, -0.15) is 0 Å². The predicted octanol–water partition coefficient (Wildman–Crippen LogP) is 4.80. The second-order valence-electron chi connectivity index (χ2n) is 5.95. The number of benzene rings is 3. The fraction of sp³-hybridized carbons (Fsp3) is 0.0500. The maximum atomic E-state index is 11.2. The van der Waals surface area contributed by atoms with Crippen molar-refractivity contribution in [2.45, 2.75) is 6.92 Å². The van der Waals surface area contributed by atoms with E-state index in [4.69, 9.17) is 4.84 Å². The monoisotopic (exact) mass is 345 g/mol. The first-order valence-electron chi connectivity index (χ1n) is 8.09. The van der Waals surface area contributed by atoms with Crippen molar-refractivity contribution in [2.24, 2.45) is 5.16 Å². The molecule has 1 aliphatic heterocycles. The van der Waals surface area contributed by atoms with Crippen LogP contribution in [0.5, 0.6) is 5.75 Å².